The number of hydrogen-bond donors (Lipinski definition) is 2. The van der Waals surface area contributed by atoms with E-state index in [2.05, 4.69) is 0 Å². The first kappa shape index (κ1) is 11.0. The molecule has 1 heterocycles. The van der Waals surface area contributed by atoms with Crippen molar-refractivity contribution < 1.29 is 19.4 Å². The second-order valence-electron chi connectivity index (χ2n) is 3.43. The molecule has 5 nitrogen and oxygen atoms in total. The van der Waals surface area contributed by atoms with Crippen LogP contribution in [0.4, 0.5) is 0 Å². The number of carboxylic acid groups (broad SMARTS) is 1. The number of aliphatic carboxylic acids is 1. The predicted molar refractivity (Wildman–Crippen MR) is 56.8 cm³/mol. The zero-order chi connectivity index (χ0) is 11.7. The van der Waals surface area contributed by atoms with E-state index in [0.717, 1.165) is 0 Å². The molecule has 0 bridgehead atoms. The molecular weight excluding hydrogens is 234 g/mol. The number of halogens is 1. The van der Waals surface area contributed by atoms with E-state index in [0.29, 0.717) is 22.1 Å². The van der Waals surface area contributed by atoms with Crippen molar-refractivity contribution in [2.75, 3.05) is 6.79 Å². The number of carbonyl (C=O) groups is 1. The first-order chi connectivity index (χ1) is 7.58. The number of hydrogen-bond acceptors (Lipinski definition) is 4. The maximum atomic E-state index is 10.5. The third-order valence-corrected chi connectivity index (χ3v) is 2.61. The lowest BCUT2D eigenvalue weighted by atomic mass is 10.0. The second-order valence-corrected chi connectivity index (χ2v) is 3.84. The van der Waals surface area contributed by atoms with Gasteiger partial charge in [0.25, 0.3) is 0 Å². The summed E-state index contributed by atoms with van der Waals surface area (Å²) in [5, 5.41) is 9.04. The summed E-state index contributed by atoms with van der Waals surface area (Å²) in [6.45, 7) is 0.142. The average molecular weight is 244 g/mol. The van der Waals surface area contributed by atoms with Gasteiger partial charge in [-0.3, -0.25) is 4.79 Å². The van der Waals surface area contributed by atoms with Crippen LogP contribution in [0.3, 0.4) is 0 Å². The molecule has 0 amide bonds. The average Bonchev–Trinajstić information content (AvgIpc) is 2.61. The SMILES string of the molecule is N[C@@H](CC(=O)O)c1cc2c(cc1Cl)OCO2. The Hall–Kier alpha value is -1.46. The highest BCUT2D eigenvalue weighted by molar-refractivity contribution is 6.31. The predicted octanol–water partition coefficient (Wildman–Crippen LogP) is 1.54. The topological polar surface area (TPSA) is 81.8 Å². The number of carboxylic acids is 1. The van der Waals surface area contributed by atoms with Crippen LogP contribution in [-0.4, -0.2) is 17.9 Å². The summed E-state index contributed by atoms with van der Waals surface area (Å²) >= 11 is 5.98. The van der Waals surface area contributed by atoms with Crippen LogP contribution in [0.1, 0.15) is 18.0 Å². The number of nitrogens with two attached hydrogens (primary N) is 1. The van der Waals surface area contributed by atoms with Crippen molar-refractivity contribution in [1.29, 1.82) is 0 Å². The fourth-order valence-corrected chi connectivity index (χ4v) is 1.81. The molecule has 6 heteroatoms. The fraction of sp³-hybridized carbons (Fsp3) is 0.300. The lowest BCUT2D eigenvalue weighted by Crippen LogP contribution is -2.15. The monoisotopic (exact) mass is 243 g/mol. The molecule has 0 radical (unpaired) electrons. The summed E-state index contributed by atoms with van der Waals surface area (Å²) in [6, 6.07) is 2.55. The van der Waals surface area contributed by atoms with E-state index in [9.17, 15) is 4.79 Å². The Kier molecular flexibility index (Phi) is 2.89. The molecule has 3 N–H and O–H groups in total. The van der Waals surface area contributed by atoms with Crippen molar-refractivity contribution in [1.82, 2.24) is 0 Å². The molecule has 1 atom stereocenters. The van der Waals surface area contributed by atoms with Crippen molar-refractivity contribution in [3.63, 3.8) is 0 Å². The largest absolute Gasteiger partial charge is 0.481 e. The first-order valence-corrected chi connectivity index (χ1v) is 5.02. The van der Waals surface area contributed by atoms with E-state index >= 15 is 0 Å². The Morgan fingerprint density at radius 3 is 2.75 bits per heavy atom. The van der Waals surface area contributed by atoms with Gasteiger partial charge in [0.2, 0.25) is 6.79 Å². The quantitative estimate of drug-likeness (QED) is 0.842. The molecule has 0 unspecified atom stereocenters. The Morgan fingerprint density at radius 1 is 1.50 bits per heavy atom. The van der Waals surface area contributed by atoms with Crippen LogP contribution >= 0.6 is 11.6 Å². The van der Waals surface area contributed by atoms with E-state index in [4.69, 9.17) is 31.9 Å². The van der Waals surface area contributed by atoms with E-state index in [1.54, 1.807) is 12.1 Å². The zero-order valence-corrected chi connectivity index (χ0v) is 9.03. The Morgan fingerprint density at radius 2 is 2.12 bits per heavy atom. The molecule has 1 aromatic rings. The summed E-state index contributed by atoms with van der Waals surface area (Å²) < 4.78 is 10.3. The first-order valence-electron chi connectivity index (χ1n) is 4.64. The number of fused-ring (bicyclic) bond motifs is 1. The second kappa shape index (κ2) is 4.19. The lowest BCUT2D eigenvalue weighted by Gasteiger charge is -2.12. The van der Waals surface area contributed by atoms with Crippen molar-refractivity contribution in [3.05, 3.63) is 22.7 Å². The maximum Gasteiger partial charge on any atom is 0.305 e. The Balaban J connectivity index is 2.30. The highest BCUT2D eigenvalue weighted by Gasteiger charge is 2.20. The van der Waals surface area contributed by atoms with Gasteiger partial charge < -0.3 is 20.3 Å². The van der Waals surface area contributed by atoms with E-state index in [1.807, 2.05) is 0 Å². The standard InChI is InChI=1S/C10H10ClNO4/c11-6-2-9-8(15-4-16-9)1-5(6)7(12)3-10(13)14/h1-2,7H,3-4,12H2,(H,13,14)/t7-/m0/s1. The van der Waals surface area contributed by atoms with Gasteiger partial charge in [-0.25, -0.2) is 0 Å². The van der Waals surface area contributed by atoms with Crippen LogP contribution in [0.15, 0.2) is 12.1 Å². The molecule has 0 saturated heterocycles. The summed E-state index contributed by atoms with van der Waals surface area (Å²) in [6.07, 6.45) is -0.181. The normalized spacial score (nSPS) is 14.9. The molecular formula is C10H10ClNO4. The van der Waals surface area contributed by atoms with E-state index in [1.165, 1.54) is 0 Å². The molecule has 0 aromatic heterocycles. The van der Waals surface area contributed by atoms with E-state index < -0.39 is 12.0 Å². The van der Waals surface area contributed by atoms with Crippen LogP contribution in [-0.2, 0) is 4.79 Å². The molecule has 0 saturated carbocycles. The smallest absolute Gasteiger partial charge is 0.305 e. The summed E-state index contributed by atoms with van der Waals surface area (Å²) in [7, 11) is 0. The highest BCUT2D eigenvalue weighted by atomic mass is 35.5. The number of rotatable bonds is 3. The molecule has 1 aromatic carbocycles. The van der Waals surface area contributed by atoms with Gasteiger partial charge in [0.15, 0.2) is 11.5 Å². The Bertz CT molecular complexity index is 435. The third-order valence-electron chi connectivity index (χ3n) is 2.29. The van der Waals surface area contributed by atoms with Crippen molar-refractivity contribution in [3.8, 4) is 11.5 Å². The van der Waals surface area contributed by atoms with E-state index in [-0.39, 0.29) is 13.2 Å². The Labute approximate surface area is 96.7 Å². The van der Waals surface area contributed by atoms with Crippen LogP contribution in [0.2, 0.25) is 5.02 Å². The maximum absolute atomic E-state index is 10.5. The molecule has 1 aliphatic heterocycles. The van der Waals surface area contributed by atoms with Crippen LogP contribution in [0.25, 0.3) is 0 Å². The molecule has 2 rings (SSSR count). The molecule has 0 fully saturated rings. The van der Waals surface area contributed by atoms with Crippen LogP contribution in [0, 0.1) is 0 Å². The summed E-state index contributed by atoms with van der Waals surface area (Å²) in [5.41, 5.74) is 6.28. The van der Waals surface area contributed by atoms with Gasteiger partial charge in [-0.1, -0.05) is 11.6 Å². The number of ether oxygens (including phenoxy) is 2. The van der Waals surface area contributed by atoms with Crippen molar-refractivity contribution in [2.45, 2.75) is 12.5 Å². The minimum absolute atomic E-state index is 0.142. The van der Waals surface area contributed by atoms with Gasteiger partial charge >= 0.3 is 5.97 Å². The van der Waals surface area contributed by atoms with Gasteiger partial charge in [0.1, 0.15) is 0 Å². The zero-order valence-electron chi connectivity index (χ0n) is 8.27. The minimum atomic E-state index is -0.971. The summed E-state index contributed by atoms with van der Waals surface area (Å²) in [4.78, 5) is 10.5. The lowest BCUT2D eigenvalue weighted by molar-refractivity contribution is -0.137. The molecule has 0 aliphatic carbocycles. The third kappa shape index (κ3) is 2.05. The van der Waals surface area contributed by atoms with Gasteiger partial charge in [-0.2, -0.15) is 0 Å². The van der Waals surface area contributed by atoms with Gasteiger partial charge in [-0.05, 0) is 11.6 Å². The highest BCUT2D eigenvalue weighted by Crippen LogP contribution is 2.38. The van der Waals surface area contributed by atoms with Crippen LogP contribution in [0.5, 0.6) is 11.5 Å². The van der Waals surface area contributed by atoms with Gasteiger partial charge in [0, 0.05) is 17.1 Å². The molecule has 86 valence electrons. The molecule has 1 aliphatic rings. The minimum Gasteiger partial charge on any atom is -0.481 e. The van der Waals surface area contributed by atoms with Crippen molar-refractivity contribution >= 4 is 17.6 Å². The van der Waals surface area contributed by atoms with Gasteiger partial charge in [0.05, 0.1) is 6.42 Å². The molecule has 16 heavy (non-hydrogen) atoms. The van der Waals surface area contributed by atoms with Crippen molar-refractivity contribution in [2.24, 2.45) is 5.73 Å². The number of benzene rings is 1. The molecule has 0 spiro atoms. The van der Waals surface area contributed by atoms with Gasteiger partial charge in [-0.15, -0.1) is 0 Å². The fourth-order valence-electron chi connectivity index (χ4n) is 1.52. The summed E-state index contributed by atoms with van der Waals surface area (Å²) in [5.74, 6) is 0.123. The van der Waals surface area contributed by atoms with Crippen LogP contribution < -0.4 is 15.2 Å².